The highest BCUT2D eigenvalue weighted by molar-refractivity contribution is 7.91. The highest BCUT2D eigenvalue weighted by atomic mass is 32.2. The third-order valence-corrected chi connectivity index (χ3v) is 7.73. The zero-order chi connectivity index (χ0) is 19.2. The third-order valence-electron chi connectivity index (χ3n) is 5.98. The molecule has 3 aliphatic rings. The minimum Gasteiger partial charge on any atom is -0.399 e. The van der Waals surface area contributed by atoms with E-state index in [1.54, 1.807) is 4.90 Å². The minimum absolute atomic E-state index is 0.0184. The first kappa shape index (κ1) is 18.3. The van der Waals surface area contributed by atoms with Crippen molar-refractivity contribution in [1.29, 1.82) is 0 Å². The number of hydrogen-bond acceptors (Lipinski definition) is 5. The number of likely N-dealkylation sites (tertiary alicyclic amines) is 1. The van der Waals surface area contributed by atoms with Gasteiger partial charge in [0.2, 0.25) is 11.8 Å². The second kappa shape index (κ2) is 6.82. The Hall–Kier alpha value is -2.09. The van der Waals surface area contributed by atoms with Gasteiger partial charge < -0.3 is 16.0 Å². The van der Waals surface area contributed by atoms with Gasteiger partial charge in [-0.2, -0.15) is 0 Å². The van der Waals surface area contributed by atoms with Crippen LogP contribution in [0.2, 0.25) is 0 Å². The normalized spacial score (nSPS) is 29.6. The maximum Gasteiger partial charge on any atom is 0.225 e. The van der Waals surface area contributed by atoms with Crippen molar-refractivity contribution in [2.24, 2.45) is 5.92 Å². The maximum atomic E-state index is 12.8. The van der Waals surface area contributed by atoms with Gasteiger partial charge in [-0.05, 0) is 48.9 Å². The van der Waals surface area contributed by atoms with Crippen LogP contribution in [0.4, 0.5) is 5.69 Å². The monoisotopic (exact) mass is 391 g/mol. The Balaban J connectivity index is 1.42. The van der Waals surface area contributed by atoms with E-state index < -0.39 is 15.8 Å². The number of fused-ring (bicyclic) bond motifs is 1. The SMILES string of the molecule is Nc1ccc2c(c1)CCCC2NC(=O)C1CC(=O)N(C2CCS(=O)(=O)C2)C1. The quantitative estimate of drug-likeness (QED) is 0.741. The molecule has 146 valence electrons. The molecular weight excluding hydrogens is 366 g/mol. The van der Waals surface area contributed by atoms with Crippen LogP contribution in [-0.2, 0) is 25.8 Å². The zero-order valence-corrected chi connectivity index (χ0v) is 16.0. The van der Waals surface area contributed by atoms with Crippen molar-refractivity contribution in [3.8, 4) is 0 Å². The van der Waals surface area contributed by atoms with Crippen molar-refractivity contribution in [2.75, 3.05) is 23.8 Å². The smallest absolute Gasteiger partial charge is 0.225 e. The first-order valence-electron chi connectivity index (χ1n) is 9.51. The van der Waals surface area contributed by atoms with E-state index in [9.17, 15) is 18.0 Å². The first-order chi connectivity index (χ1) is 12.8. The Morgan fingerprint density at radius 2 is 2.07 bits per heavy atom. The van der Waals surface area contributed by atoms with Gasteiger partial charge in [-0.3, -0.25) is 9.59 Å². The molecule has 3 unspecified atom stereocenters. The number of carbonyl (C=O) groups excluding carboxylic acids is 2. The van der Waals surface area contributed by atoms with E-state index in [-0.39, 0.29) is 41.8 Å². The van der Waals surface area contributed by atoms with Crippen molar-refractivity contribution in [3.05, 3.63) is 29.3 Å². The molecule has 1 aromatic rings. The number of aryl methyl sites for hydroxylation is 1. The second-order valence-corrected chi connectivity index (χ2v) is 10.1. The van der Waals surface area contributed by atoms with Crippen LogP contribution >= 0.6 is 0 Å². The molecule has 27 heavy (non-hydrogen) atoms. The number of amides is 2. The molecule has 0 radical (unpaired) electrons. The molecule has 2 heterocycles. The number of nitrogens with one attached hydrogen (secondary N) is 1. The molecule has 7 nitrogen and oxygen atoms in total. The van der Waals surface area contributed by atoms with E-state index in [4.69, 9.17) is 5.73 Å². The predicted octanol–water partition coefficient (Wildman–Crippen LogP) is 0.798. The maximum absolute atomic E-state index is 12.8. The number of nitrogens with zero attached hydrogens (tertiary/aromatic N) is 1. The summed E-state index contributed by atoms with van der Waals surface area (Å²) in [6.07, 6.45) is 3.44. The fraction of sp³-hybridized carbons (Fsp3) is 0.579. The molecule has 2 saturated heterocycles. The summed E-state index contributed by atoms with van der Waals surface area (Å²) in [7, 11) is -3.06. The summed E-state index contributed by atoms with van der Waals surface area (Å²) in [5.41, 5.74) is 8.87. The van der Waals surface area contributed by atoms with Crippen molar-refractivity contribution < 1.29 is 18.0 Å². The van der Waals surface area contributed by atoms with E-state index in [1.165, 1.54) is 5.56 Å². The average Bonchev–Trinajstić information content (AvgIpc) is 3.17. The van der Waals surface area contributed by atoms with Gasteiger partial charge in [0.05, 0.1) is 23.5 Å². The minimum atomic E-state index is -3.06. The Morgan fingerprint density at radius 1 is 1.26 bits per heavy atom. The van der Waals surface area contributed by atoms with E-state index in [0.29, 0.717) is 13.0 Å². The Morgan fingerprint density at radius 3 is 2.81 bits per heavy atom. The fourth-order valence-electron chi connectivity index (χ4n) is 4.56. The number of rotatable bonds is 3. The number of hydrogen-bond donors (Lipinski definition) is 2. The molecule has 2 amide bonds. The van der Waals surface area contributed by atoms with Crippen molar-refractivity contribution in [2.45, 2.75) is 44.2 Å². The molecule has 0 spiro atoms. The topological polar surface area (TPSA) is 110 Å². The van der Waals surface area contributed by atoms with Crippen molar-refractivity contribution in [1.82, 2.24) is 10.2 Å². The van der Waals surface area contributed by atoms with Crippen molar-refractivity contribution in [3.63, 3.8) is 0 Å². The van der Waals surface area contributed by atoms with Gasteiger partial charge in [-0.25, -0.2) is 8.42 Å². The van der Waals surface area contributed by atoms with Crippen LogP contribution in [0.5, 0.6) is 0 Å². The lowest BCUT2D eigenvalue weighted by atomic mass is 9.87. The lowest BCUT2D eigenvalue weighted by Crippen LogP contribution is -2.40. The first-order valence-corrected chi connectivity index (χ1v) is 11.3. The molecule has 0 aromatic heterocycles. The largest absolute Gasteiger partial charge is 0.399 e. The summed E-state index contributed by atoms with van der Waals surface area (Å²) >= 11 is 0. The van der Waals surface area contributed by atoms with Crippen LogP contribution in [0.25, 0.3) is 0 Å². The second-order valence-electron chi connectivity index (χ2n) is 7.92. The van der Waals surface area contributed by atoms with Gasteiger partial charge in [-0.1, -0.05) is 6.07 Å². The van der Waals surface area contributed by atoms with Gasteiger partial charge in [0.25, 0.3) is 0 Å². The van der Waals surface area contributed by atoms with Crippen LogP contribution in [0.15, 0.2) is 18.2 Å². The predicted molar refractivity (Wildman–Crippen MR) is 102 cm³/mol. The van der Waals surface area contributed by atoms with Crippen LogP contribution < -0.4 is 11.1 Å². The van der Waals surface area contributed by atoms with E-state index in [0.717, 1.165) is 30.5 Å². The lowest BCUT2D eigenvalue weighted by Gasteiger charge is -2.28. The number of nitrogens with two attached hydrogens (primary N) is 1. The van der Waals surface area contributed by atoms with Crippen LogP contribution in [0.3, 0.4) is 0 Å². The summed E-state index contributed by atoms with van der Waals surface area (Å²) in [5, 5.41) is 3.11. The number of anilines is 1. The molecule has 1 aromatic carbocycles. The highest BCUT2D eigenvalue weighted by Crippen LogP contribution is 2.32. The van der Waals surface area contributed by atoms with Crippen LogP contribution in [0.1, 0.15) is 42.9 Å². The fourth-order valence-corrected chi connectivity index (χ4v) is 6.29. The average molecular weight is 391 g/mol. The summed E-state index contributed by atoms with van der Waals surface area (Å²) in [5.74, 6) is -0.513. The Bertz CT molecular complexity index is 883. The van der Waals surface area contributed by atoms with E-state index >= 15 is 0 Å². The summed E-state index contributed by atoms with van der Waals surface area (Å²) in [4.78, 5) is 26.7. The number of nitrogen functional groups attached to an aromatic ring is 1. The van der Waals surface area contributed by atoms with Gasteiger partial charge in [0.1, 0.15) is 0 Å². The van der Waals surface area contributed by atoms with Gasteiger partial charge in [0, 0.05) is 24.7 Å². The number of carbonyl (C=O) groups is 2. The molecule has 2 aliphatic heterocycles. The van der Waals surface area contributed by atoms with E-state index in [2.05, 4.69) is 5.32 Å². The van der Waals surface area contributed by atoms with E-state index in [1.807, 2.05) is 18.2 Å². The molecular formula is C19H25N3O4S. The third kappa shape index (κ3) is 3.67. The van der Waals surface area contributed by atoms with Crippen molar-refractivity contribution >= 4 is 27.3 Å². The Kier molecular flexibility index (Phi) is 4.61. The lowest BCUT2D eigenvalue weighted by molar-refractivity contribution is -0.130. The molecule has 3 atom stereocenters. The molecule has 2 fully saturated rings. The summed E-state index contributed by atoms with van der Waals surface area (Å²) in [6.45, 7) is 0.312. The van der Waals surface area contributed by atoms with Gasteiger partial charge in [0.15, 0.2) is 9.84 Å². The highest BCUT2D eigenvalue weighted by Gasteiger charge is 2.42. The standard InChI is InChI=1S/C19H25N3O4S/c20-14-4-5-16-12(8-14)2-1-3-17(16)21-19(24)13-9-18(23)22(10-13)15-6-7-27(25,26)11-15/h4-5,8,13,15,17H,1-3,6-7,9-11,20H2,(H,21,24). The molecule has 8 heteroatoms. The Labute approximate surface area is 159 Å². The molecule has 1 aliphatic carbocycles. The van der Waals surface area contributed by atoms with Crippen LogP contribution in [-0.4, -0.2) is 49.2 Å². The number of benzene rings is 1. The molecule has 0 bridgehead atoms. The van der Waals surface area contributed by atoms with Gasteiger partial charge in [-0.15, -0.1) is 0 Å². The zero-order valence-electron chi connectivity index (χ0n) is 15.2. The summed E-state index contributed by atoms with van der Waals surface area (Å²) in [6, 6.07) is 5.46. The molecule has 4 rings (SSSR count). The molecule has 0 saturated carbocycles. The summed E-state index contributed by atoms with van der Waals surface area (Å²) < 4.78 is 23.4. The number of sulfone groups is 1. The molecule has 3 N–H and O–H groups in total. The van der Waals surface area contributed by atoms with Gasteiger partial charge >= 0.3 is 0 Å². The van der Waals surface area contributed by atoms with Crippen LogP contribution in [0, 0.1) is 5.92 Å².